The van der Waals surface area contributed by atoms with Gasteiger partial charge in [-0.2, -0.15) is 0 Å². The Morgan fingerprint density at radius 2 is 2.40 bits per heavy atom. The lowest BCUT2D eigenvalue weighted by atomic mass is 10.2. The van der Waals surface area contributed by atoms with E-state index in [0.717, 1.165) is 26.1 Å². The number of rotatable bonds is 5. The standard InChI is InChI=1S/C10H21N3O2/c1-11-4-5-13(2)10(14)9-6-8(15-3)7-12-9/h8-9,11-12H,4-7H2,1-3H3. The van der Waals surface area contributed by atoms with Gasteiger partial charge in [0.25, 0.3) is 0 Å². The van der Waals surface area contributed by atoms with Crippen LogP contribution in [0.1, 0.15) is 6.42 Å². The van der Waals surface area contributed by atoms with E-state index in [1.54, 1.807) is 12.0 Å². The minimum absolute atomic E-state index is 0.0724. The number of hydrogen-bond donors (Lipinski definition) is 2. The molecule has 1 fully saturated rings. The number of amides is 1. The second-order valence-corrected chi connectivity index (χ2v) is 3.92. The topological polar surface area (TPSA) is 53.6 Å². The van der Waals surface area contributed by atoms with Crippen LogP contribution in [0, 0.1) is 0 Å². The van der Waals surface area contributed by atoms with Gasteiger partial charge in [0.2, 0.25) is 5.91 Å². The molecule has 0 spiro atoms. The molecule has 1 rings (SSSR count). The SMILES string of the molecule is CNCCN(C)C(=O)C1CC(OC)CN1. The molecule has 0 bridgehead atoms. The van der Waals surface area contributed by atoms with E-state index >= 15 is 0 Å². The van der Waals surface area contributed by atoms with Crippen LogP contribution in [0.5, 0.6) is 0 Å². The van der Waals surface area contributed by atoms with Crippen LogP contribution in [0.15, 0.2) is 0 Å². The second kappa shape index (κ2) is 6.05. The lowest BCUT2D eigenvalue weighted by Gasteiger charge is -2.20. The Balaban J connectivity index is 2.33. The van der Waals surface area contributed by atoms with Gasteiger partial charge in [-0.3, -0.25) is 4.79 Å². The summed E-state index contributed by atoms with van der Waals surface area (Å²) in [4.78, 5) is 13.6. The van der Waals surface area contributed by atoms with Crippen molar-refractivity contribution in [3.63, 3.8) is 0 Å². The first-order valence-corrected chi connectivity index (χ1v) is 5.34. The van der Waals surface area contributed by atoms with Crippen LogP contribution in [-0.4, -0.2) is 63.8 Å². The molecule has 0 aromatic rings. The molecule has 0 aromatic heterocycles. The summed E-state index contributed by atoms with van der Waals surface area (Å²) in [6.07, 6.45) is 0.954. The van der Waals surface area contributed by atoms with Gasteiger partial charge < -0.3 is 20.3 Å². The van der Waals surface area contributed by atoms with E-state index in [1.165, 1.54) is 0 Å². The fourth-order valence-electron chi connectivity index (χ4n) is 1.73. The van der Waals surface area contributed by atoms with Crippen LogP contribution in [0.4, 0.5) is 0 Å². The number of carbonyl (C=O) groups is 1. The average Bonchev–Trinajstić information content (AvgIpc) is 2.73. The van der Waals surface area contributed by atoms with Crippen LogP contribution in [0.2, 0.25) is 0 Å². The molecule has 1 heterocycles. The van der Waals surface area contributed by atoms with Gasteiger partial charge in [0, 0.05) is 33.8 Å². The van der Waals surface area contributed by atoms with Gasteiger partial charge >= 0.3 is 0 Å². The highest BCUT2D eigenvalue weighted by molar-refractivity contribution is 5.82. The van der Waals surface area contributed by atoms with Crippen molar-refractivity contribution in [3.8, 4) is 0 Å². The first-order chi connectivity index (χ1) is 7.19. The Bertz CT molecular complexity index is 211. The third-order valence-electron chi connectivity index (χ3n) is 2.80. The predicted molar refractivity (Wildman–Crippen MR) is 58.8 cm³/mol. The molecule has 5 nitrogen and oxygen atoms in total. The average molecular weight is 215 g/mol. The maximum Gasteiger partial charge on any atom is 0.239 e. The Morgan fingerprint density at radius 3 is 2.93 bits per heavy atom. The predicted octanol–water partition coefficient (Wildman–Crippen LogP) is -0.959. The van der Waals surface area contributed by atoms with Crippen molar-refractivity contribution in [2.45, 2.75) is 18.6 Å². The highest BCUT2D eigenvalue weighted by Crippen LogP contribution is 2.11. The molecule has 88 valence electrons. The molecule has 1 saturated heterocycles. The highest BCUT2D eigenvalue weighted by atomic mass is 16.5. The molecule has 2 atom stereocenters. The fraction of sp³-hybridized carbons (Fsp3) is 0.900. The molecular weight excluding hydrogens is 194 g/mol. The Morgan fingerprint density at radius 1 is 1.67 bits per heavy atom. The van der Waals surface area contributed by atoms with E-state index in [4.69, 9.17) is 4.74 Å². The molecule has 1 aliphatic heterocycles. The molecule has 1 aliphatic rings. The minimum atomic E-state index is -0.0724. The first kappa shape index (κ1) is 12.4. The van der Waals surface area contributed by atoms with Gasteiger partial charge in [-0.15, -0.1) is 0 Å². The van der Waals surface area contributed by atoms with Gasteiger partial charge in [-0.25, -0.2) is 0 Å². The van der Waals surface area contributed by atoms with Gasteiger partial charge in [0.15, 0.2) is 0 Å². The molecule has 0 aromatic carbocycles. The van der Waals surface area contributed by atoms with Crippen LogP contribution < -0.4 is 10.6 Å². The summed E-state index contributed by atoms with van der Waals surface area (Å²) in [5.41, 5.74) is 0. The monoisotopic (exact) mass is 215 g/mol. The molecule has 15 heavy (non-hydrogen) atoms. The summed E-state index contributed by atoms with van der Waals surface area (Å²) >= 11 is 0. The fourth-order valence-corrected chi connectivity index (χ4v) is 1.73. The third-order valence-corrected chi connectivity index (χ3v) is 2.80. The Kier molecular flexibility index (Phi) is 5.01. The third kappa shape index (κ3) is 3.44. The molecule has 1 amide bonds. The van der Waals surface area contributed by atoms with E-state index in [2.05, 4.69) is 10.6 Å². The van der Waals surface area contributed by atoms with Gasteiger partial charge in [-0.05, 0) is 13.5 Å². The van der Waals surface area contributed by atoms with Crippen LogP contribution in [0.25, 0.3) is 0 Å². The lowest BCUT2D eigenvalue weighted by molar-refractivity contribution is -0.131. The van der Waals surface area contributed by atoms with E-state index in [0.29, 0.717) is 0 Å². The number of ether oxygens (including phenoxy) is 1. The van der Waals surface area contributed by atoms with E-state index < -0.39 is 0 Å². The first-order valence-electron chi connectivity index (χ1n) is 5.34. The second-order valence-electron chi connectivity index (χ2n) is 3.92. The minimum Gasteiger partial charge on any atom is -0.380 e. The van der Waals surface area contributed by atoms with Crippen molar-refractivity contribution >= 4 is 5.91 Å². The summed E-state index contributed by atoms with van der Waals surface area (Å²) in [6.45, 7) is 2.33. The maximum absolute atomic E-state index is 11.9. The quantitative estimate of drug-likeness (QED) is 0.620. The summed E-state index contributed by atoms with van der Waals surface area (Å²) in [5.74, 6) is 0.157. The van der Waals surface area contributed by atoms with Crippen LogP contribution >= 0.6 is 0 Å². The van der Waals surface area contributed by atoms with Gasteiger partial charge in [-0.1, -0.05) is 0 Å². The molecule has 0 aliphatic carbocycles. The van der Waals surface area contributed by atoms with Crippen molar-refractivity contribution in [3.05, 3.63) is 0 Å². The number of methoxy groups -OCH3 is 1. The maximum atomic E-state index is 11.9. The number of carbonyl (C=O) groups excluding carboxylic acids is 1. The number of nitrogens with zero attached hydrogens (tertiary/aromatic N) is 1. The summed E-state index contributed by atoms with van der Waals surface area (Å²) in [5, 5.41) is 6.20. The summed E-state index contributed by atoms with van der Waals surface area (Å²) in [7, 11) is 5.40. The number of hydrogen-bond acceptors (Lipinski definition) is 4. The smallest absolute Gasteiger partial charge is 0.239 e. The van der Waals surface area contributed by atoms with Crippen molar-refractivity contribution in [1.82, 2.24) is 15.5 Å². The van der Waals surface area contributed by atoms with Crippen LogP contribution in [0.3, 0.4) is 0 Å². The van der Waals surface area contributed by atoms with E-state index in [9.17, 15) is 4.79 Å². The van der Waals surface area contributed by atoms with Gasteiger partial charge in [0.1, 0.15) is 0 Å². The van der Waals surface area contributed by atoms with Crippen molar-refractivity contribution < 1.29 is 9.53 Å². The molecular formula is C10H21N3O2. The van der Waals surface area contributed by atoms with Crippen LogP contribution in [-0.2, 0) is 9.53 Å². The zero-order valence-electron chi connectivity index (χ0n) is 9.75. The molecule has 0 saturated carbocycles. The van der Waals surface area contributed by atoms with E-state index in [1.807, 2.05) is 14.1 Å². The summed E-state index contributed by atoms with van der Waals surface area (Å²) in [6, 6.07) is -0.0724. The van der Waals surface area contributed by atoms with Crippen molar-refractivity contribution in [2.24, 2.45) is 0 Å². The molecule has 0 radical (unpaired) electrons. The Hall–Kier alpha value is -0.650. The Labute approximate surface area is 91.2 Å². The zero-order chi connectivity index (χ0) is 11.3. The molecule has 2 unspecified atom stereocenters. The molecule has 2 N–H and O–H groups in total. The highest BCUT2D eigenvalue weighted by Gasteiger charge is 2.30. The van der Waals surface area contributed by atoms with Crippen molar-refractivity contribution in [2.75, 3.05) is 40.8 Å². The van der Waals surface area contributed by atoms with Crippen molar-refractivity contribution in [1.29, 1.82) is 0 Å². The largest absolute Gasteiger partial charge is 0.380 e. The normalized spacial score (nSPS) is 25.5. The van der Waals surface area contributed by atoms with Gasteiger partial charge in [0.05, 0.1) is 12.1 Å². The summed E-state index contributed by atoms with van der Waals surface area (Å²) < 4.78 is 5.21. The molecule has 5 heteroatoms. The number of likely N-dealkylation sites (N-methyl/N-ethyl adjacent to an activating group) is 2. The zero-order valence-corrected chi connectivity index (χ0v) is 9.75. The number of nitrogens with one attached hydrogen (secondary N) is 2. The lowest BCUT2D eigenvalue weighted by Crippen LogP contribution is -2.43. The van der Waals surface area contributed by atoms with E-state index in [-0.39, 0.29) is 18.1 Å².